The lowest BCUT2D eigenvalue weighted by Crippen LogP contribution is -2.34. The monoisotopic (exact) mass is 390 g/mol. The molecule has 3 rings (SSSR count). The largest absolute Gasteiger partial charge is 0.348 e. The molecule has 0 atom stereocenters. The molecule has 0 amide bonds. The van der Waals surface area contributed by atoms with E-state index < -0.39 is 0 Å². The van der Waals surface area contributed by atoms with Gasteiger partial charge in [0.15, 0.2) is 6.29 Å². The van der Waals surface area contributed by atoms with Crippen molar-refractivity contribution in [3.8, 4) is 0 Å². The molecule has 0 aromatic heterocycles. The Morgan fingerprint density at radius 1 is 0.786 bits per heavy atom. The maximum absolute atomic E-state index is 13.1. The molecule has 2 aliphatic rings. The Hall–Kier alpha value is -0.930. The molecule has 3 heteroatoms. The number of rotatable bonds is 10. The van der Waals surface area contributed by atoms with Gasteiger partial charge in [0.1, 0.15) is 5.82 Å². The summed E-state index contributed by atoms with van der Waals surface area (Å²) in [5.41, 5.74) is 0.915. The minimum Gasteiger partial charge on any atom is -0.348 e. The van der Waals surface area contributed by atoms with Crippen LogP contribution in [0, 0.1) is 23.6 Å². The Bertz CT molecular complexity index is 528. The highest BCUT2D eigenvalue weighted by atomic mass is 19.1. The first-order valence-electron chi connectivity index (χ1n) is 11.7. The third-order valence-electron chi connectivity index (χ3n) is 6.84. The Morgan fingerprint density at radius 2 is 1.39 bits per heavy atom. The Morgan fingerprint density at radius 3 is 2.04 bits per heavy atom. The van der Waals surface area contributed by atoms with Gasteiger partial charge in [-0.3, -0.25) is 0 Å². The number of benzene rings is 1. The summed E-state index contributed by atoms with van der Waals surface area (Å²) in [6.45, 7) is 3.83. The van der Waals surface area contributed by atoms with Gasteiger partial charge in [-0.1, -0.05) is 83.3 Å². The van der Waals surface area contributed by atoms with E-state index in [2.05, 4.69) is 6.92 Å². The molecule has 1 aromatic rings. The van der Waals surface area contributed by atoms with Crippen LogP contribution in [0.3, 0.4) is 0 Å². The van der Waals surface area contributed by atoms with Gasteiger partial charge in [-0.15, -0.1) is 0 Å². The topological polar surface area (TPSA) is 18.5 Å². The highest BCUT2D eigenvalue weighted by Gasteiger charge is 2.32. The third-order valence-corrected chi connectivity index (χ3v) is 6.84. The smallest absolute Gasteiger partial charge is 0.183 e. The fourth-order valence-electron chi connectivity index (χ4n) is 4.94. The lowest BCUT2D eigenvalue weighted by Gasteiger charge is -2.38. The number of hydrogen-bond donors (Lipinski definition) is 0. The van der Waals surface area contributed by atoms with Crippen LogP contribution in [0.5, 0.6) is 0 Å². The molecule has 2 nitrogen and oxygen atoms in total. The van der Waals surface area contributed by atoms with Crippen LogP contribution in [-0.2, 0) is 9.47 Å². The fourth-order valence-corrected chi connectivity index (χ4v) is 4.94. The van der Waals surface area contributed by atoms with Crippen molar-refractivity contribution in [3.05, 3.63) is 35.6 Å². The lowest BCUT2D eigenvalue weighted by atomic mass is 9.74. The summed E-state index contributed by atoms with van der Waals surface area (Å²) >= 11 is 0. The predicted octanol–water partition coefficient (Wildman–Crippen LogP) is 7.43. The summed E-state index contributed by atoms with van der Waals surface area (Å²) in [6, 6.07) is 6.46. The van der Waals surface area contributed by atoms with E-state index in [0.29, 0.717) is 5.92 Å². The Balaban J connectivity index is 1.28. The number of halogens is 1. The zero-order valence-electron chi connectivity index (χ0n) is 17.7. The van der Waals surface area contributed by atoms with Crippen LogP contribution in [0.1, 0.15) is 95.8 Å². The number of ether oxygens (including phenoxy) is 2. The maximum Gasteiger partial charge on any atom is 0.183 e. The van der Waals surface area contributed by atoms with Crippen LogP contribution in [0.4, 0.5) is 4.39 Å². The van der Waals surface area contributed by atoms with Gasteiger partial charge in [-0.2, -0.15) is 0 Å². The lowest BCUT2D eigenvalue weighted by molar-refractivity contribution is -0.214. The third kappa shape index (κ3) is 6.84. The van der Waals surface area contributed by atoms with Crippen molar-refractivity contribution in [3.63, 3.8) is 0 Å². The average molecular weight is 391 g/mol. The molecular weight excluding hydrogens is 351 g/mol. The van der Waals surface area contributed by atoms with Crippen molar-refractivity contribution in [1.82, 2.24) is 0 Å². The standard InChI is InChI=1S/C25H39FO2/c1-2-3-4-5-6-7-8-9-20-10-12-21(13-11-20)23-18-27-25(28-19-23)22-14-16-24(26)17-15-22/h14-17,20-21,23,25H,2-13,18-19H2,1H3/t20-,21-,23?,25?. The van der Waals surface area contributed by atoms with Crippen molar-refractivity contribution in [2.45, 2.75) is 90.3 Å². The molecule has 2 fully saturated rings. The van der Waals surface area contributed by atoms with Gasteiger partial charge in [0, 0.05) is 11.5 Å². The van der Waals surface area contributed by atoms with E-state index in [0.717, 1.165) is 30.6 Å². The molecule has 28 heavy (non-hydrogen) atoms. The Labute approximate surface area is 171 Å². The highest BCUT2D eigenvalue weighted by Crippen LogP contribution is 2.38. The van der Waals surface area contributed by atoms with Crippen LogP contribution in [-0.4, -0.2) is 13.2 Å². The van der Waals surface area contributed by atoms with E-state index in [1.165, 1.54) is 89.2 Å². The minimum absolute atomic E-state index is 0.217. The fraction of sp³-hybridized carbons (Fsp3) is 0.760. The molecule has 1 aliphatic heterocycles. The van der Waals surface area contributed by atoms with Crippen molar-refractivity contribution in [2.24, 2.45) is 17.8 Å². The number of hydrogen-bond acceptors (Lipinski definition) is 2. The van der Waals surface area contributed by atoms with Crippen molar-refractivity contribution < 1.29 is 13.9 Å². The van der Waals surface area contributed by atoms with E-state index in [1.54, 1.807) is 12.1 Å². The summed E-state index contributed by atoms with van der Waals surface area (Å²) in [6.07, 6.45) is 16.4. The zero-order chi connectivity index (χ0) is 19.6. The Kier molecular flexibility index (Phi) is 9.27. The van der Waals surface area contributed by atoms with E-state index in [4.69, 9.17) is 9.47 Å². The van der Waals surface area contributed by atoms with Gasteiger partial charge in [0.05, 0.1) is 13.2 Å². The van der Waals surface area contributed by atoms with Gasteiger partial charge in [0.2, 0.25) is 0 Å². The van der Waals surface area contributed by atoms with Crippen molar-refractivity contribution >= 4 is 0 Å². The van der Waals surface area contributed by atoms with Crippen LogP contribution in [0.2, 0.25) is 0 Å². The van der Waals surface area contributed by atoms with Crippen molar-refractivity contribution in [2.75, 3.05) is 13.2 Å². The van der Waals surface area contributed by atoms with Gasteiger partial charge < -0.3 is 9.47 Å². The van der Waals surface area contributed by atoms with Gasteiger partial charge in [-0.25, -0.2) is 4.39 Å². The summed E-state index contributed by atoms with van der Waals surface area (Å²) < 4.78 is 25.0. The molecule has 0 bridgehead atoms. The van der Waals surface area contributed by atoms with Crippen molar-refractivity contribution in [1.29, 1.82) is 0 Å². The van der Waals surface area contributed by atoms with Crippen LogP contribution in [0.15, 0.2) is 24.3 Å². The molecule has 0 N–H and O–H groups in total. The molecule has 1 aliphatic carbocycles. The molecule has 1 heterocycles. The highest BCUT2D eigenvalue weighted by molar-refractivity contribution is 5.17. The maximum atomic E-state index is 13.1. The molecule has 1 saturated heterocycles. The first-order chi connectivity index (χ1) is 13.8. The van der Waals surface area contributed by atoms with Gasteiger partial charge in [-0.05, 0) is 36.8 Å². The van der Waals surface area contributed by atoms with E-state index in [9.17, 15) is 4.39 Å². The molecule has 0 spiro atoms. The summed E-state index contributed by atoms with van der Waals surface area (Å²) in [5.74, 6) is 2.01. The first kappa shape index (κ1) is 21.8. The van der Waals surface area contributed by atoms with E-state index >= 15 is 0 Å². The summed E-state index contributed by atoms with van der Waals surface area (Å²) in [5, 5.41) is 0. The van der Waals surface area contributed by atoms with Gasteiger partial charge >= 0.3 is 0 Å². The summed E-state index contributed by atoms with van der Waals surface area (Å²) in [4.78, 5) is 0. The second-order valence-corrected chi connectivity index (χ2v) is 9.00. The summed E-state index contributed by atoms with van der Waals surface area (Å²) in [7, 11) is 0. The van der Waals surface area contributed by atoms with E-state index in [-0.39, 0.29) is 12.1 Å². The minimum atomic E-state index is -0.328. The van der Waals surface area contributed by atoms with Crippen LogP contribution < -0.4 is 0 Å². The zero-order valence-corrected chi connectivity index (χ0v) is 17.7. The average Bonchev–Trinajstić information content (AvgIpc) is 2.74. The number of unbranched alkanes of at least 4 members (excludes halogenated alkanes) is 6. The second kappa shape index (κ2) is 11.9. The second-order valence-electron chi connectivity index (χ2n) is 9.00. The first-order valence-corrected chi connectivity index (χ1v) is 11.7. The van der Waals surface area contributed by atoms with Crippen LogP contribution in [0.25, 0.3) is 0 Å². The van der Waals surface area contributed by atoms with E-state index in [1.807, 2.05) is 0 Å². The molecule has 0 unspecified atom stereocenters. The van der Waals surface area contributed by atoms with Gasteiger partial charge in [0.25, 0.3) is 0 Å². The normalized spacial score (nSPS) is 28.4. The molecular formula is C25H39FO2. The quantitative estimate of drug-likeness (QED) is 0.387. The van der Waals surface area contributed by atoms with Crippen LogP contribution >= 0.6 is 0 Å². The predicted molar refractivity (Wildman–Crippen MR) is 113 cm³/mol. The molecule has 1 saturated carbocycles. The molecule has 0 radical (unpaired) electrons. The molecule has 158 valence electrons. The SMILES string of the molecule is CCCCCCCCC[C@H]1CC[C@H](C2COC(c3ccc(F)cc3)OC2)CC1. The molecule has 1 aromatic carbocycles.